The van der Waals surface area contributed by atoms with Gasteiger partial charge in [-0.15, -0.1) is 0 Å². The normalized spacial score (nSPS) is 12.2. The smallest absolute Gasteiger partial charge is 0.242 e. The Morgan fingerprint density at radius 1 is 1.13 bits per heavy atom. The minimum Gasteiger partial charge on any atom is -0.489 e. The van der Waals surface area contributed by atoms with Gasteiger partial charge in [0.1, 0.15) is 12.4 Å². The Morgan fingerprint density at radius 2 is 1.87 bits per heavy atom. The van der Waals surface area contributed by atoms with Crippen LogP contribution in [0.4, 0.5) is 4.39 Å². The molecule has 0 amide bonds. The molecular weight excluding hydrogens is 419 g/mol. The van der Waals surface area contributed by atoms with Crippen molar-refractivity contribution in [1.82, 2.24) is 18.8 Å². The van der Waals surface area contributed by atoms with E-state index in [0.29, 0.717) is 25.2 Å². The van der Waals surface area contributed by atoms with Crippen molar-refractivity contribution in [1.29, 1.82) is 0 Å². The molecule has 0 saturated carbocycles. The van der Waals surface area contributed by atoms with E-state index in [1.807, 2.05) is 18.0 Å². The fraction of sp³-hybridized carbons (Fsp3) is 0.409. The molecule has 1 aromatic heterocycles. The van der Waals surface area contributed by atoms with Crippen LogP contribution in [0.3, 0.4) is 0 Å². The lowest BCUT2D eigenvalue weighted by Gasteiger charge is -2.18. The van der Waals surface area contributed by atoms with Gasteiger partial charge in [0, 0.05) is 27.2 Å². The zero-order valence-corrected chi connectivity index (χ0v) is 19.2. The summed E-state index contributed by atoms with van der Waals surface area (Å²) < 4.78 is 47.5. The number of likely N-dealkylation sites (N-methyl/N-ethyl adjacent to an activating group) is 1. The molecule has 9 heteroatoms. The molecular formula is C22H29FN4O3S. The molecule has 3 rings (SSSR count). The van der Waals surface area contributed by atoms with Crippen molar-refractivity contribution in [2.45, 2.75) is 31.3 Å². The van der Waals surface area contributed by atoms with Gasteiger partial charge in [-0.3, -0.25) is 4.90 Å². The summed E-state index contributed by atoms with van der Waals surface area (Å²) in [5, 5.41) is 0. The lowest BCUT2D eigenvalue weighted by molar-refractivity contribution is 0.222. The standard InChI is InChI=1S/C22H29FN4O3S/c1-5-12-27-20-11-10-17(31(28,29)25(2)3)15-19(20)24-22(27)16-26(4)13-14-30-21-9-7-6-8-18(21)23/h6-11,15H,5,12-14,16H2,1-4H3. The molecule has 168 valence electrons. The fourth-order valence-corrected chi connectivity index (χ4v) is 4.24. The molecule has 0 atom stereocenters. The van der Waals surface area contributed by atoms with Gasteiger partial charge in [0.05, 0.1) is 22.5 Å². The maximum absolute atomic E-state index is 13.7. The van der Waals surface area contributed by atoms with Crippen LogP contribution in [0.15, 0.2) is 47.4 Å². The molecule has 0 aliphatic rings. The zero-order valence-electron chi connectivity index (χ0n) is 18.4. The Balaban J connectivity index is 1.77. The first-order valence-corrected chi connectivity index (χ1v) is 11.7. The molecule has 0 fully saturated rings. The van der Waals surface area contributed by atoms with Crippen molar-refractivity contribution in [2.75, 3.05) is 34.3 Å². The van der Waals surface area contributed by atoms with Crippen LogP contribution < -0.4 is 4.74 Å². The third-order valence-corrected chi connectivity index (χ3v) is 6.81. The lowest BCUT2D eigenvalue weighted by atomic mass is 10.3. The van der Waals surface area contributed by atoms with E-state index in [1.54, 1.807) is 30.3 Å². The van der Waals surface area contributed by atoms with Crippen LogP contribution in [0.1, 0.15) is 19.2 Å². The van der Waals surface area contributed by atoms with Crippen LogP contribution in [0.5, 0.6) is 5.75 Å². The summed E-state index contributed by atoms with van der Waals surface area (Å²) in [6.07, 6.45) is 0.927. The van der Waals surface area contributed by atoms with Crippen molar-refractivity contribution in [2.24, 2.45) is 0 Å². The molecule has 0 radical (unpaired) electrons. The quantitative estimate of drug-likeness (QED) is 0.476. The summed E-state index contributed by atoms with van der Waals surface area (Å²) in [6.45, 7) is 4.36. The lowest BCUT2D eigenvalue weighted by Crippen LogP contribution is -2.25. The van der Waals surface area contributed by atoms with E-state index in [2.05, 4.69) is 11.5 Å². The van der Waals surface area contributed by atoms with E-state index in [-0.39, 0.29) is 16.5 Å². The highest BCUT2D eigenvalue weighted by molar-refractivity contribution is 7.89. The highest BCUT2D eigenvalue weighted by Gasteiger charge is 2.20. The Kier molecular flexibility index (Phi) is 7.30. The molecule has 0 bridgehead atoms. The van der Waals surface area contributed by atoms with Crippen LogP contribution in [-0.2, 0) is 23.1 Å². The van der Waals surface area contributed by atoms with Crippen molar-refractivity contribution >= 4 is 21.1 Å². The van der Waals surface area contributed by atoms with Gasteiger partial charge in [-0.2, -0.15) is 0 Å². The molecule has 0 aliphatic carbocycles. The van der Waals surface area contributed by atoms with E-state index in [0.717, 1.165) is 24.3 Å². The third kappa shape index (κ3) is 5.23. The van der Waals surface area contributed by atoms with Gasteiger partial charge in [-0.05, 0) is 43.8 Å². The largest absolute Gasteiger partial charge is 0.489 e. The molecule has 1 heterocycles. The molecule has 0 N–H and O–H groups in total. The summed E-state index contributed by atoms with van der Waals surface area (Å²) in [4.78, 5) is 7.00. The van der Waals surface area contributed by atoms with Gasteiger partial charge in [-0.1, -0.05) is 19.1 Å². The zero-order chi connectivity index (χ0) is 22.6. The molecule has 2 aromatic carbocycles. The Morgan fingerprint density at radius 3 is 2.55 bits per heavy atom. The Labute approximate surface area is 183 Å². The van der Waals surface area contributed by atoms with E-state index < -0.39 is 10.0 Å². The number of ether oxygens (including phenoxy) is 1. The Bertz CT molecular complexity index is 1140. The van der Waals surface area contributed by atoms with Gasteiger partial charge >= 0.3 is 0 Å². The maximum Gasteiger partial charge on any atom is 0.242 e. The summed E-state index contributed by atoms with van der Waals surface area (Å²) in [5.74, 6) is 0.715. The molecule has 0 spiro atoms. The number of aryl methyl sites for hydroxylation is 1. The summed E-state index contributed by atoms with van der Waals surface area (Å²) >= 11 is 0. The number of sulfonamides is 1. The number of benzene rings is 2. The number of rotatable bonds is 10. The number of imidazole rings is 1. The first kappa shape index (κ1) is 23.2. The van der Waals surface area contributed by atoms with E-state index in [1.165, 1.54) is 24.5 Å². The highest BCUT2D eigenvalue weighted by atomic mass is 32.2. The maximum atomic E-state index is 13.7. The van der Waals surface area contributed by atoms with Crippen molar-refractivity contribution in [3.05, 3.63) is 54.1 Å². The van der Waals surface area contributed by atoms with Crippen LogP contribution in [0.2, 0.25) is 0 Å². The van der Waals surface area contributed by atoms with E-state index in [9.17, 15) is 12.8 Å². The molecule has 0 unspecified atom stereocenters. The van der Waals surface area contributed by atoms with Crippen LogP contribution in [-0.4, -0.2) is 61.5 Å². The van der Waals surface area contributed by atoms with E-state index in [4.69, 9.17) is 9.72 Å². The number of halogens is 1. The van der Waals surface area contributed by atoms with Crippen LogP contribution >= 0.6 is 0 Å². The van der Waals surface area contributed by atoms with Crippen molar-refractivity contribution < 1.29 is 17.5 Å². The molecule has 31 heavy (non-hydrogen) atoms. The first-order chi connectivity index (χ1) is 14.7. The number of fused-ring (bicyclic) bond motifs is 1. The monoisotopic (exact) mass is 448 g/mol. The van der Waals surface area contributed by atoms with Gasteiger partial charge in [0.15, 0.2) is 11.6 Å². The predicted molar refractivity (Wildman–Crippen MR) is 119 cm³/mol. The number of hydrogen-bond acceptors (Lipinski definition) is 5. The highest BCUT2D eigenvalue weighted by Crippen LogP contribution is 2.23. The predicted octanol–water partition coefficient (Wildman–Crippen LogP) is 3.35. The second-order valence-electron chi connectivity index (χ2n) is 7.63. The molecule has 0 aliphatic heterocycles. The third-order valence-electron chi connectivity index (χ3n) is 5.00. The summed E-state index contributed by atoms with van der Waals surface area (Å²) in [6, 6.07) is 11.4. The minimum atomic E-state index is -3.52. The summed E-state index contributed by atoms with van der Waals surface area (Å²) in [5.41, 5.74) is 1.56. The van der Waals surface area contributed by atoms with Gasteiger partial charge in [0.2, 0.25) is 10.0 Å². The van der Waals surface area contributed by atoms with Crippen LogP contribution in [0, 0.1) is 5.82 Å². The fourth-order valence-electron chi connectivity index (χ4n) is 3.32. The average Bonchev–Trinajstić information content (AvgIpc) is 3.06. The summed E-state index contributed by atoms with van der Waals surface area (Å²) in [7, 11) is 1.45. The SMILES string of the molecule is CCCn1c(CN(C)CCOc2ccccc2F)nc2cc(S(=O)(=O)N(C)C)ccc21. The minimum absolute atomic E-state index is 0.226. The average molecular weight is 449 g/mol. The number of nitrogens with zero attached hydrogens (tertiary/aromatic N) is 4. The number of para-hydroxylation sites is 1. The van der Waals surface area contributed by atoms with Crippen molar-refractivity contribution in [3.8, 4) is 5.75 Å². The van der Waals surface area contributed by atoms with Gasteiger partial charge < -0.3 is 9.30 Å². The van der Waals surface area contributed by atoms with Gasteiger partial charge in [-0.25, -0.2) is 22.1 Å². The number of aromatic nitrogens is 2. The molecule has 0 saturated heterocycles. The number of hydrogen-bond donors (Lipinski definition) is 0. The second-order valence-corrected chi connectivity index (χ2v) is 9.79. The second kappa shape index (κ2) is 9.76. The van der Waals surface area contributed by atoms with Crippen LogP contribution in [0.25, 0.3) is 11.0 Å². The van der Waals surface area contributed by atoms with E-state index >= 15 is 0 Å². The Hall–Kier alpha value is -2.49. The topological polar surface area (TPSA) is 67.7 Å². The van der Waals surface area contributed by atoms with Crippen molar-refractivity contribution in [3.63, 3.8) is 0 Å². The molecule has 7 nitrogen and oxygen atoms in total. The molecule has 3 aromatic rings. The van der Waals surface area contributed by atoms with Gasteiger partial charge in [0.25, 0.3) is 0 Å². The first-order valence-electron chi connectivity index (χ1n) is 10.2.